The number of hydrogen-bond donors (Lipinski definition) is 3. The first-order valence-corrected chi connectivity index (χ1v) is 5.74. The summed E-state index contributed by atoms with van der Waals surface area (Å²) in [5.41, 5.74) is 0.115. The molecular formula is C10H14N2O3S. The molecule has 1 rings (SSSR count). The van der Waals surface area contributed by atoms with Crippen LogP contribution >= 0.6 is 11.3 Å². The molecule has 0 fully saturated rings. The fourth-order valence-electron chi connectivity index (χ4n) is 1.02. The highest BCUT2D eigenvalue weighted by molar-refractivity contribution is 7.14. The minimum absolute atomic E-state index is 0.115. The predicted octanol–water partition coefficient (Wildman–Crippen LogP) is 2.22. The number of carboxylic acids is 1. The van der Waals surface area contributed by atoms with Crippen LogP contribution in [0, 0.1) is 5.92 Å². The Labute approximate surface area is 97.5 Å². The Hall–Kier alpha value is -1.56. The van der Waals surface area contributed by atoms with Crippen molar-refractivity contribution in [1.82, 2.24) is 5.32 Å². The van der Waals surface area contributed by atoms with Crippen LogP contribution in [0.2, 0.25) is 0 Å². The SMILES string of the molecule is CC(C)CNC(=O)Nc1sccc1C(=O)O. The third-order valence-corrected chi connectivity index (χ3v) is 2.62. The van der Waals surface area contributed by atoms with E-state index in [0.717, 1.165) is 0 Å². The second kappa shape index (κ2) is 5.50. The molecule has 0 aliphatic heterocycles. The van der Waals surface area contributed by atoms with Crippen molar-refractivity contribution >= 4 is 28.3 Å². The summed E-state index contributed by atoms with van der Waals surface area (Å²) in [7, 11) is 0. The summed E-state index contributed by atoms with van der Waals surface area (Å²) < 4.78 is 0. The summed E-state index contributed by atoms with van der Waals surface area (Å²) in [6.45, 7) is 4.52. The van der Waals surface area contributed by atoms with E-state index in [9.17, 15) is 9.59 Å². The largest absolute Gasteiger partial charge is 0.478 e. The monoisotopic (exact) mass is 242 g/mol. The van der Waals surface area contributed by atoms with Crippen molar-refractivity contribution in [3.05, 3.63) is 17.0 Å². The minimum Gasteiger partial charge on any atom is -0.478 e. The molecule has 2 amide bonds. The van der Waals surface area contributed by atoms with Crippen molar-refractivity contribution in [2.24, 2.45) is 5.92 Å². The molecule has 1 aromatic rings. The highest BCUT2D eigenvalue weighted by atomic mass is 32.1. The molecule has 16 heavy (non-hydrogen) atoms. The van der Waals surface area contributed by atoms with Crippen LogP contribution in [0.5, 0.6) is 0 Å². The Morgan fingerprint density at radius 1 is 1.50 bits per heavy atom. The first-order chi connectivity index (χ1) is 7.50. The lowest BCUT2D eigenvalue weighted by molar-refractivity contribution is 0.0698. The van der Waals surface area contributed by atoms with Gasteiger partial charge < -0.3 is 10.4 Å². The maximum absolute atomic E-state index is 11.4. The molecule has 1 aromatic heterocycles. The smallest absolute Gasteiger partial charge is 0.338 e. The fraction of sp³-hybridized carbons (Fsp3) is 0.400. The number of anilines is 1. The quantitative estimate of drug-likeness (QED) is 0.757. The van der Waals surface area contributed by atoms with Crippen LogP contribution in [-0.2, 0) is 0 Å². The first kappa shape index (κ1) is 12.5. The molecule has 3 N–H and O–H groups in total. The third kappa shape index (κ3) is 3.54. The molecule has 5 nitrogen and oxygen atoms in total. The zero-order valence-corrected chi connectivity index (χ0v) is 9.93. The van der Waals surface area contributed by atoms with Gasteiger partial charge in [0.2, 0.25) is 0 Å². The van der Waals surface area contributed by atoms with Gasteiger partial charge in [0.05, 0.1) is 5.56 Å². The van der Waals surface area contributed by atoms with E-state index in [1.807, 2.05) is 13.8 Å². The van der Waals surface area contributed by atoms with Crippen molar-refractivity contribution in [1.29, 1.82) is 0 Å². The van der Waals surface area contributed by atoms with Crippen molar-refractivity contribution < 1.29 is 14.7 Å². The average molecular weight is 242 g/mol. The number of rotatable bonds is 4. The lowest BCUT2D eigenvalue weighted by atomic mass is 10.2. The molecule has 0 aliphatic rings. The molecule has 0 radical (unpaired) electrons. The average Bonchev–Trinajstić information content (AvgIpc) is 2.62. The van der Waals surface area contributed by atoms with Gasteiger partial charge in [-0.15, -0.1) is 11.3 Å². The highest BCUT2D eigenvalue weighted by Crippen LogP contribution is 2.22. The number of urea groups is 1. The number of aromatic carboxylic acids is 1. The van der Waals surface area contributed by atoms with Gasteiger partial charge in [0.25, 0.3) is 0 Å². The van der Waals surface area contributed by atoms with E-state index in [1.165, 1.54) is 17.4 Å². The Morgan fingerprint density at radius 3 is 2.75 bits per heavy atom. The van der Waals surface area contributed by atoms with E-state index in [0.29, 0.717) is 17.5 Å². The number of nitrogens with one attached hydrogen (secondary N) is 2. The van der Waals surface area contributed by atoms with Crippen LogP contribution in [0.25, 0.3) is 0 Å². The lowest BCUT2D eigenvalue weighted by Crippen LogP contribution is -2.31. The molecule has 0 saturated heterocycles. The van der Waals surface area contributed by atoms with Crippen LogP contribution < -0.4 is 10.6 Å². The van der Waals surface area contributed by atoms with E-state index in [-0.39, 0.29) is 11.6 Å². The number of hydrogen-bond acceptors (Lipinski definition) is 3. The number of carboxylic acid groups (broad SMARTS) is 1. The van der Waals surface area contributed by atoms with Crippen LogP contribution in [0.15, 0.2) is 11.4 Å². The van der Waals surface area contributed by atoms with Gasteiger partial charge in [-0.25, -0.2) is 9.59 Å². The van der Waals surface area contributed by atoms with Gasteiger partial charge in [0.15, 0.2) is 0 Å². The third-order valence-electron chi connectivity index (χ3n) is 1.79. The van der Waals surface area contributed by atoms with Crippen LogP contribution in [0.4, 0.5) is 9.80 Å². The summed E-state index contributed by atoms with van der Waals surface area (Å²) in [5.74, 6) is -0.687. The summed E-state index contributed by atoms with van der Waals surface area (Å²) in [6.07, 6.45) is 0. The Morgan fingerprint density at radius 2 is 2.19 bits per heavy atom. The highest BCUT2D eigenvalue weighted by Gasteiger charge is 2.13. The maximum Gasteiger partial charge on any atom is 0.338 e. The molecule has 0 spiro atoms. The molecule has 1 heterocycles. The summed E-state index contributed by atoms with van der Waals surface area (Å²) in [6, 6.07) is 1.09. The molecule has 0 bridgehead atoms. The van der Waals surface area contributed by atoms with Crippen LogP contribution in [0.1, 0.15) is 24.2 Å². The van der Waals surface area contributed by atoms with Gasteiger partial charge in [0.1, 0.15) is 5.00 Å². The molecule has 0 aromatic carbocycles. The number of amides is 2. The van der Waals surface area contributed by atoms with Gasteiger partial charge in [-0.05, 0) is 17.4 Å². The normalized spacial score (nSPS) is 10.2. The fourth-order valence-corrected chi connectivity index (χ4v) is 1.79. The standard InChI is InChI=1S/C10H14N2O3S/c1-6(2)5-11-10(15)12-8-7(9(13)14)3-4-16-8/h3-4,6H,5H2,1-2H3,(H,13,14)(H2,11,12,15). The van der Waals surface area contributed by atoms with Gasteiger partial charge >= 0.3 is 12.0 Å². The van der Waals surface area contributed by atoms with E-state index in [4.69, 9.17) is 5.11 Å². The number of carbonyl (C=O) groups is 2. The van der Waals surface area contributed by atoms with E-state index in [2.05, 4.69) is 10.6 Å². The Balaban J connectivity index is 2.56. The van der Waals surface area contributed by atoms with Gasteiger partial charge in [-0.1, -0.05) is 13.8 Å². The van der Waals surface area contributed by atoms with Crippen LogP contribution in [-0.4, -0.2) is 23.7 Å². The van der Waals surface area contributed by atoms with Crippen molar-refractivity contribution in [3.8, 4) is 0 Å². The van der Waals surface area contributed by atoms with Crippen molar-refractivity contribution in [2.75, 3.05) is 11.9 Å². The second-order valence-electron chi connectivity index (χ2n) is 3.70. The molecule has 0 atom stereocenters. The van der Waals surface area contributed by atoms with Gasteiger partial charge in [-0.3, -0.25) is 5.32 Å². The molecule has 0 saturated carbocycles. The molecule has 6 heteroatoms. The summed E-state index contributed by atoms with van der Waals surface area (Å²) >= 11 is 1.19. The van der Waals surface area contributed by atoms with Crippen molar-refractivity contribution in [2.45, 2.75) is 13.8 Å². The van der Waals surface area contributed by atoms with E-state index >= 15 is 0 Å². The van der Waals surface area contributed by atoms with E-state index in [1.54, 1.807) is 5.38 Å². The minimum atomic E-state index is -1.04. The zero-order chi connectivity index (χ0) is 12.1. The first-order valence-electron chi connectivity index (χ1n) is 4.86. The molecular weight excluding hydrogens is 228 g/mol. The predicted molar refractivity (Wildman–Crippen MR) is 63.1 cm³/mol. The summed E-state index contributed by atoms with van der Waals surface area (Å²) in [5, 5.41) is 16.0. The van der Waals surface area contributed by atoms with Gasteiger partial charge in [0, 0.05) is 6.54 Å². The zero-order valence-electron chi connectivity index (χ0n) is 9.11. The number of thiophene rings is 1. The van der Waals surface area contributed by atoms with Gasteiger partial charge in [-0.2, -0.15) is 0 Å². The lowest BCUT2D eigenvalue weighted by Gasteiger charge is -2.08. The topological polar surface area (TPSA) is 78.4 Å². The van der Waals surface area contributed by atoms with Crippen LogP contribution in [0.3, 0.4) is 0 Å². The Kier molecular flexibility index (Phi) is 4.30. The molecule has 0 aliphatic carbocycles. The molecule has 0 unspecified atom stereocenters. The molecule has 88 valence electrons. The maximum atomic E-state index is 11.4. The van der Waals surface area contributed by atoms with Crippen molar-refractivity contribution in [3.63, 3.8) is 0 Å². The second-order valence-corrected chi connectivity index (χ2v) is 4.61. The van der Waals surface area contributed by atoms with E-state index < -0.39 is 5.97 Å². The Bertz CT molecular complexity index is 387. The summed E-state index contributed by atoms with van der Waals surface area (Å²) in [4.78, 5) is 22.1. The number of carbonyl (C=O) groups excluding carboxylic acids is 1.